The second-order valence-corrected chi connectivity index (χ2v) is 6.07. The van der Waals surface area contributed by atoms with Crippen LogP contribution in [0.5, 0.6) is 5.75 Å². The van der Waals surface area contributed by atoms with E-state index in [1.165, 1.54) is 6.92 Å². The van der Waals surface area contributed by atoms with Crippen LogP contribution in [0, 0.1) is 0 Å². The van der Waals surface area contributed by atoms with Crippen LogP contribution >= 0.6 is 15.9 Å². The van der Waals surface area contributed by atoms with Gasteiger partial charge < -0.3 is 14.7 Å². The van der Waals surface area contributed by atoms with E-state index in [9.17, 15) is 4.79 Å². The predicted molar refractivity (Wildman–Crippen MR) is 92.4 cm³/mol. The predicted octanol–water partition coefficient (Wildman–Crippen LogP) is 4.40. The molecule has 0 radical (unpaired) electrons. The minimum atomic E-state index is -0.348. The molecule has 0 aliphatic rings. The average molecular weight is 370 g/mol. The summed E-state index contributed by atoms with van der Waals surface area (Å²) in [6, 6.07) is 9.64. The summed E-state index contributed by atoms with van der Waals surface area (Å²) < 4.78 is 5.98. The number of halogens is 1. The van der Waals surface area contributed by atoms with E-state index in [1.807, 2.05) is 36.5 Å². The van der Waals surface area contributed by atoms with Crippen LogP contribution in [0.2, 0.25) is 0 Å². The van der Waals surface area contributed by atoms with Crippen LogP contribution in [-0.2, 0) is 4.79 Å². The fourth-order valence-corrected chi connectivity index (χ4v) is 3.17. The van der Waals surface area contributed by atoms with Crippen molar-refractivity contribution in [1.29, 1.82) is 0 Å². The molecule has 0 fully saturated rings. The number of carbonyl (C=O) groups excluding carboxylic acids is 1. The highest BCUT2D eigenvalue weighted by Gasteiger charge is 2.14. The van der Waals surface area contributed by atoms with Crippen molar-refractivity contribution in [2.75, 3.05) is 0 Å². The Balaban J connectivity index is 2.01. The lowest BCUT2D eigenvalue weighted by atomic mass is 10.1. The molecule has 4 rings (SSSR count). The zero-order valence-electron chi connectivity index (χ0n) is 12.2. The molecule has 114 valence electrons. The van der Waals surface area contributed by atoms with Gasteiger partial charge in [-0.05, 0) is 46.3 Å². The fraction of sp³-hybridized carbons (Fsp3) is 0.0588. The van der Waals surface area contributed by atoms with E-state index in [4.69, 9.17) is 4.74 Å². The standard InChI is InChI=1S/C17H12BrN3O2/c1-9(22)23-15-7-11-10-4-6-20-17(13-3-2-5-19-13)16(10)21-14(11)8-12(15)18/h2-8,19,21H,1H3. The number of hydrogen-bond acceptors (Lipinski definition) is 3. The molecule has 1 aromatic carbocycles. The molecule has 0 aliphatic carbocycles. The van der Waals surface area contributed by atoms with Crippen molar-refractivity contribution in [1.82, 2.24) is 15.0 Å². The molecule has 0 atom stereocenters. The van der Waals surface area contributed by atoms with E-state index in [2.05, 4.69) is 30.9 Å². The van der Waals surface area contributed by atoms with Crippen molar-refractivity contribution in [3.05, 3.63) is 47.2 Å². The molecule has 2 N–H and O–H groups in total. The number of aromatic nitrogens is 3. The van der Waals surface area contributed by atoms with Gasteiger partial charge in [-0.3, -0.25) is 9.78 Å². The highest BCUT2D eigenvalue weighted by atomic mass is 79.9. The van der Waals surface area contributed by atoms with Crippen LogP contribution in [0.4, 0.5) is 0 Å². The Hall–Kier alpha value is -2.60. The van der Waals surface area contributed by atoms with Gasteiger partial charge in [0.05, 0.1) is 15.7 Å². The van der Waals surface area contributed by atoms with Crippen molar-refractivity contribution >= 4 is 43.7 Å². The molecule has 0 amide bonds. The summed E-state index contributed by atoms with van der Waals surface area (Å²) in [5.74, 6) is 0.155. The summed E-state index contributed by atoms with van der Waals surface area (Å²) in [5, 5.41) is 2.01. The monoisotopic (exact) mass is 369 g/mol. The SMILES string of the molecule is CC(=O)Oc1cc2c(cc1Br)[nH]c1c(-c3ccc[nH]3)nccc12. The Morgan fingerprint density at radius 2 is 2.13 bits per heavy atom. The summed E-state index contributed by atoms with van der Waals surface area (Å²) in [6.45, 7) is 1.39. The van der Waals surface area contributed by atoms with Gasteiger partial charge in [0.2, 0.25) is 0 Å². The molecule has 0 spiro atoms. The Bertz CT molecular complexity index is 1040. The lowest BCUT2D eigenvalue weighted by molar-refractivity contribution is -0.131. The van der Waals surface area contributed by atoms with Gasteiger partial charge in [-0.2, -0.15) is 0 Å². The normalized spacial score (nSPS) is 11.2. The first kappa shape index (κ1) is 14.0. The van der Waals surface area contributed by atoms with Crippen molar-refractivity contribution in [2.45, 2.75) is 6.92 Å². The Labute approximate surface area is 139 Å². The molecule has 3 aromatic heterocycles. The Morgan fingerprint density at radius 3 is 2.87 bits per heavy atom. The molecular formula is C17H12BrN3O2. The first-order valence-electron chi connectivity index (χ1n) is 7.05. The molecule has 0 aliphatic heterocycles. The van der Waals surface area contributed by atoms with Crippen LogP contribution in [0.15, 0.2) is 47.2 Å². The van der Waals surface area contributed by atoms with Gasteiger partial charge in [0.15, 0.2) is 0 Å². The lowest BCUT2D eigenvalue weighted by Crippen LogP contribution is -2.01. The maximum atomic E-state index is 11.2. The number of esters is 1. The number of pyridine rings is 1. The molecule has 5 nitrogen and oxygen atoms in total. The van der Waals surface area contributed by atoms with Crippen LogP contribution in [0.1, 0.15) is 6.92 Å². The minimum Gasteiger partial charge on any atom is -0.425 e. The zero-order valence-corrected chi connectivity index (χ0v) is 13.8. The number of benzene rings is 1. The van der Waals surface area contributed by atoms with Crippen molar-refractivity contribution in [2.24, 2.45) is 0 Å². The molecular weight excluding hydrogens is 358 g/mol. The van der Waals surface area contributed by atoms with Gasteiger partial charge in [0.1, 0.15) is 11.4 Å². The fourth-order valence-electron chi connectivity index (χ4n) is 2.74. The number of carbonyl (C=O) groups is 1. The summed E-state index contributed by atoms with van der Waals surface area (Å²) in [5.41, 5.74) is 3.69. The Kier molecular flexibility index (Phi) is 3.20. The zero-order chi connectivity index (χ0) is 16.0. The molecule has 0 bridgehead atoms. The quantitative estimate of drug-likeness (QED) is 0.406. The second-order valence-electron chi connectivity index (χ2n) is 5.21. The number of hydrogen-bond donors (Lipinski definition) is 2. The summed E-state index contributed by atoms with van der Waals surface area (Å²) in [7, 11) is 0. The van der Waals surface area contributed by atoms with E-state index in [1.54, 1.807) is 6.20 Å². The minimum absolute atomic E-state index is 0.348. The first-order chi connectivity index (χ1) is 11.1. The maximum absolute atomic E-state index is 11.2. The van der Waals surface area contributed by atoms with E-state index in [0.29, 0.717) is 5.75 Å². The topological polar surface area (TPSA) is 70.8 Å². The first-order valence-corrected chi connectivity index (χ1v) is 7.85. The molecule has 6 heteroatoms. The number of nitrogens with zero attached hydrogens (tertiary/aromatic N) is 1. The average Bonchev–Trinajstić information content (AvgIpc) is 3.14. The third kappa shape index (κ3) is 2.31. The summed E-state index contributed by atoms with van der Waals surface area (Å²) >= 11 is 3.44. The van der Waals surface area contributed by atoms with E-state index < -0.39 is 0 Å². The number of nitrogens with one attached hydrogen (secondary N) is 2. The molecule has 0 saturated heterocycles. The molecule has 0 saturated carbocycles. The molecule has 23 heavy (non-hydrogen) atoms. The maximum Gasteiger partial charge on any atom is 0.308 e. The second kappa shape index (κ2) is 5.24. The number of ether oxygens (including phenoxy) is 1. The summed E-state index contributed by atoms with van der Waals surface area (Å²) in [4.78, 5) is 22.3. The highest BCUT2D eigenvalue weighted by Crippen LogP contribution is 2.36. The van der Waals surface area contributed by atoms with Gasteiger partial charge in [-0.1, -0.05) is 0 Å². The third-order valence-electron chi connectivity index (χ3n) is 3.68. The number of fused-ring (bicyclic) bond motifs is 3. The number of H-pyrrole nitrogens is 2. The van der Waals surface area contributed by atoms with Gasteiger partial charge >= 0.3 is 5.97 Å². The highest BCUT2D eigenvalue weighted by molar-refractivity contribution is 9.10. The largest absolute Gasteiger partial charge is 0.425 e. The smallest absolute Gasteiger partial charge is 0.308 e. The van der Waals surface area contributed by atoms with Crippen LogP contribution in [-0.4, -0.2) is 20.9 Å². The summed E-state index contributed by atoms with van der Waals surface area (Å²) in [6.07, 6.45) is 3.65. The third-order valence-corrected chi connectivity index (χ3v) is 4.30. The van der Waals surface area contributed by atoms with E-state index in [0.717, 1.165) is 37.7 Å². The van der Waals surface area contributed by atoms with E-state index >= 15 is 0 Å². The van der Waals surface area contributed by atoms with Crippen molar-refractivity contribution < 1.29 is 9.53 Å². The van der Waals surface area contributed by atoms with Crippen LogP contribution in [0.3, 0.4) is 0 Å². The lowest BCUT2D eigenvalue weighted by Gasteiger charge is -2.04. The van der Waals surface area contributed by atoms with Crippen LogP contribution in [0.25, 0.3) is 33.2 Å². The molecule has 3 heterocycles. The number of rotatable bonds is 2. The van der Waals surface area contributed by atoms with Crippen molar-refractivity contribution in [3.63, 3.8) is 0 Å². The van der Waals surface area contributed by atoms with Gasteiger partial charge in [-0.25, -0.2) is 0 Å². The van der Waals surface area contributed by atoms with E-state index in [-0.39, 0.29) is 5.97 Å². The molecule has 4 aromatic rings. The number of aromatic amines is 2. The van der Waals surface area contributed by atoms with Gasteiger partial charge in [0, 0.05) is 35.6 Å². The van der Waals surface area contributed by atoms with Gasteiger partial charge in [-0.15, -0.1) is 0 Å². The Morgan fingerprint density at radius 1 is 1.26 bits per heavy atom. The molecule has 0 unspecified atom stereocenters. The van der Waals surface area contributed by atoms with Gasteiger partial charge in [0.25, 0.3) is 0 Å². The van der Waals surface area contributed by atoms with Crippen LogP contribution < -0.4 is 4.74 Å². The van der Waals surface area contributed by atoms with Crippen molar-refractivity contribution in [3.8, 4) is 17.1 Å².